The van der Waals surface area contributed by atoms with Crippen molar-refractivity contribution in [1.29, 1.82) is 0 Å². The highest BCUT2D eigenvalue weighted by Crippen LogP contribution is 2.29. The summed E-state index contributed by atoms with van der Waals surface area (Å²) >= 11 is 2.19. The Kier molecular flexibility index (Phi) is 7.65. The molecule has 9 nitrogen and oxygen atoms in total. The average molecular weight is 474 g/mol. The summed E-state index contributed by atoms with van der Waals surface area (Å²) in [6.45, 7) is 5.51. The Hall–Kier alpha value is -3.18. The number of hydrogen-bond acceptors (Lipinski definition) is 9. The van der Waals surface area contributed by atoms with Gasteiger partial charge in [-0.05, 0) is 32.4 Å². The number of esters is 1. The van der Waals surface area contributed by atoms with Crippen LogP contribution in [0, 0.1) is 6.92 Å². The molecule has 0 fully saturated rings. The molecular formula is C21H23N5O4S2. The zero-order valence-electron chi connectivity index (χ0n) is 17.8. The fraction of sp³-hybridized carbons (Fsp3) is 0.286. The van der Waals surface area contributed by atoms with Crippen LogP contribution in [0.15, 0.2) is 46.3 Å². The number of thioether (sulfide) groups is 1. The summed E-state index contributed by atoms with van der Waals surface area (Å²) in [6.07, 6.45) is 0.463. The number of amides is 1. The van der Waals surface area contributed by atoms with E-state index in [2.05, 4.69) is 15.3 Å². The monoisotopic (exact) mass is 473 g/mol. The minimum absolute atomic E-state index is 0.226. The van der Waals surface area contributed by atoms with E-state index < -0.39 is 16.8 Å². The van der Waals surface area contributed by atoms with Crippen LogP contribution in [0.2, 0.25) is 0 Å². The van der Waals surface area contributed by atoms with E-state index in [0.29, 0.717) is 27.3 Å². The highest BCUT2D eigenvalue weighted by atomic mass is 32.2. The lowest BCUT2D eigenvalue weighted by molar-refractivity contribution is -0.115. The third kappa shape index (κ3) is 5.35. The summed E-state index contributed by atoms with van der Waals surface area (Å²) in [6, 6.07) is 10.5. The SMILES string of the molecule is CCOC(=O)c1sc(NC(=O)C(CC)Sc2nc(=O)cc(N)n2-c2ccccc2)nc1C. The number of ether oxygens (including phenoxy) is 1. The number of benzene rings is 1. The number of anilines is 2. The van der Waals surface area contributed by atoms with Gasteiger partial charge in [0.25, 0.3) is 5.56 Å². The van der Waals surface area contributed by atoms with Crippen LogP contribution >= 0.6 is 23.1 Å². The molecule has 168 valence electrons. The van der Waals surface area contributed by atoms with Gasteiger partial charge in [-0.15, -0.1) is 0 Å². The van der Waals surface area contributed by atoms with Crippen molar-refractivity contribution in [3.63, 3.8) is 0 Å². The van der Waals surface area contributed by atoms with Crippen LogP contribution in [0.5, 0.6) is 0 Å². The number of aryl methyl sites for hydroxylation is 1. The number of rotatable bonds is 8. The van der Waals surface area contributed by atoms with Crippen molar-refractivity contribution >= 4 is 45.9 Å². The normalized spacial score (nSPS) is 11.7. The molecule has 0 saturated carbocycles. The zero-order valence-corrected chi connectivity index (χ0v) is 19.5. The maximum Gasteiger partial charge on any atom is 0.350 e. The van der Waals surface area contributed by atoms with Crippen molar-refractivity contribution in [3.05, 3.63) is 57.3 Å². The van der Waals surface area contributed by atoms with E-state index in [1.54, 1.807) is 18.4 Å². The molecule has 0 aliphatic rings. The van der Waals surface area contributed by atoms with E-state index in [0.717, 1.165) is 28.8 Å². The van der Waals surface area contributed by atoms with Gasteiger partial charge in [-0.1, -0.05) is 48.2 Å². The molecular weight excluding hydrogens is 450 g/mol. The Morgan fingerprint density at radius 3 is 2.62 bits per heavy atom. The van der Waals surface area contributed by atoms with Crippen molar-refractivity contribution in [2.24, 2.45) is 0 Å². The number of hydrogen-bond donors (Lipinski definition) is 2. The molecule has 3 N–H and O–H groups in total. The second kappa shape index (κ2) is 10.4. The van der Waals surface area contributed by atoms with Gasteiger partial charge in [-0.25, -0.2) is 9.78 Å². The first-order chi connectivity index (χ1) is 15.3. The number of nitrogen functional groups attached to an aromatic ring is 1. The predicted molar refractivity (Wildman–Crippen MR) is 126 cm³/mol. The van der Waals surface area contributed by atoms with Crippen LogP contribution in [0.3, 0.4) is 0 Å². The Morgan fingerprint density at radius 2 is 1.97 bits per heavy atom. The molecule has 1 unspecified atom stereocenters. The van der Waals surface area contributed by atoms with Crippen LogP contribution in [-0.2, 0) is 9.53 Å². The van der Waals surface area contributed by atoms with Crippen LogP contribution in [0.4, 0.5) is 10.9 Å². The molecule has 1 atom stereocenters. The average Bonchev–Trinajstić information content (AvgIpc) is 3.12. The lowest BCUT2D eigenvalue weighted by Gasteiger charge is -2.18. The van der Waals surface area contributed by atoms with Gasteiger partial charge in [-0.2, -0.15) is 4.98 Å². The van der Waals surface area contributed by atoms with Gasteiger partial charge >= 0.3 is 5.97 Å². The molecule has 11 heteroatoms. The summed E-state index contributed by atoms with van der Waals surface area (Å²) in [5.41, 5.74) is 6.83. The molecule has 1 amide bonds. The van der Waals surface area contributed by atoms with E-state index >= 15 is 0 Å². The molecule has 0 bridgehead atoms. The first kappa shape index (κ1) is 23.5. The highest BCUT2D eigenvalue weighted by molar-refractivity contribution is 8.00. The molecule has 0 spiro atoms. The van der Waals surface area contributed by atoms with Gasteiger partial charge in [0.05, 0.1) is 17.6 Å². The van der Waals surface area contributed by atoms with Gasteiger partial charge in [0.1, 0.15) is 10.7 Å². The zero-order chi connectivity index (χ0) is 23.3. The number of nitrogens with zero attached hydrogens (tertiary/aromatic N) is 3. The number of nitrogens with one attached hydrogen (secondary N) is 1. The molecule has 0 aliphatic heterocycles. The van der Waals surface area contributed by atoms with E-state index in [1.807, 2.05) is 37.3 Å². The van der Waals surface area contributed by atoms with E-state index in [4.69, 9.17) is 10.5 Å². The summed E-state index contributed by atoms with van der Waals surface area (Å²) in [5, 5.41) is 2.79. The lowest BCUT2D eigenvalue weighted by atomic mass is 10.3. The third-order valence-electron chi connectivity index (χ3n) is 4.34. The Labute approximate surface area is 193 Å². The summed E-state index contributed by atoms with van der Waals surface area (Å²) in [7, 11) is 0. The molecule has 0 saturated heterocycles. The number of aromatic nitrogens is 3. The molecule has 0 radical (unpaired) electrons. The number of carbonyl (C=O) groups is 2. The molecule has 1 aromatic carbocycles. The second-order valence-electron chi connectivity index (χ2n) is 6.63. The topological polar surface area (TPSA) is 129 Å². The molecule has 3 rings (SSSR count). The summed E-state index contributed by atoms with van der Waals surface area (Å²) in [4.78, 5) is 45.7. The predicted octanol–water partition coefficient (Wildman–Crippen LogP) is 3.27. The molecule has 32 heavy (non-hydrogen) atoms. The van der Waals surface area contributed by atoms with Gasteiger partial charge in [-0.3, -0.25) is 14.2 Å². The van der Waals surface area contributed by atoms with Crippen molar-refractivity contribution in [2.75, 3.05) is 17.7 Å². The van der Waals surface area contributed by atoms with E-state index in [9.17, 15) is 14.4 Å². The van der Waals surface area contributed by atoms with Crippen molar-refractivity contribution in [2.45, 2.75) is 37.6 Å². The molecule has 0 aliphatic carbocycles. The van der Waals surface area contributed by atoms with Crippen molar-refractivity contribution in [3.8, 4) is 5.69 Å². The fourth-order valence-corrected chi connectivity index (χ4v) is 4.77. The van der Waals surface area contributed by atoms with Gasteiger partial charge in [0, 0.05) is 11.8 Å². The van der Waals surface area contributed by atoms with Crippen molar-refractivity contribution in [1.82, 2.24) is 14.5 Å². The quantitative estimate of drug-likeness (QED) is 0.290. The van der Waals surface area contributed by atoms with Gasteiger partial charge < -0.3 is 15.8 Å². The largest absolute Gasteiger partial charge is 0.462 e. The van der Waals surface area contributed by atoms with Gasteiger partial charge in [0.2, 0.25) is 5.91 Å². The first-order valence-corrected chi connectivity index (χ1v) is 11.6. The molecule has 2 aromatic heterocycles. The van der Waals surface area contributed by atoms with Crippen molar-refractivity contribution < 1.29 is 14.3 Å². The van der Waals surface area contributed by atoms with E-state index in [1.165, 1.54) is 6.07 Å². The van der Waals surface area contributed by atoms with E-state index in [-0.39, 0.29) is 18.3 Å². The Balaban J connectivity index is 1.85. The van der Waals surface area contributed by atoms with Crippen LogP contribution < -0.4 is 16.6 Å². The minimum Gasteiger partial charge on any atom is -0.462 e. The maximum absolute atomic E-state index is 13.0. The number of nitrogens with two attached hydrogens (primary N) is 1. The Bertz CT molecular complexity index is 1180. The second-order valence-corrected chi connectivity index (χ2v) is 8.80. The highest BCUT2D eigenvalue weighted by Gasteiger charge is 2.24. The van der Waals surface area contributed by atoms with Crippen LogP contribution in [-0.4, -0.2) is 38.3 Å². The first-order valence-electron chi connectivity index (χ1n) is 9.91. The lowest BCUT2D eigenvalue weighted by Crippen LogP contribution is -2.26. The fourth-order valence-electron chi connectivity index (χ4n) is 2.86. The van der Waals surface area contributed by atoms with Crippen LogP contribution in [0.1, 0.15) is 35.6 Å². The summed E-state index contributed by atoms with van der Waals surface area (Å²) < 4.78 is 6.65. The molecule has 2 heterocycles. The number of thiazole rings is 1. The standard InChI is InChI=1S/C21H23N5O4S2/c1-4-14(18(28)25-20-23-12(3)17(32-20)19(29)30-5-2)31-21-24-16(27)11-15(22)26(21)13-9-7-6-8-10-13/h6-11,14H,4-5,22H2,1-3H3,(H,23,25,28). The third-order valence-corrected chi connectivity index (χ3v) is 6.71. The Morgan fingerprint density at radius 1 is 1.25 bits per heavy atom. The molecule has 3 aromatic rings. The van der Waals surface area contributed by atoms with Crippen LogP contribution in [0.25, 0.3) is 5.69 Å². The smallest absolute Gasteiger partial charge is 0.350 e. The summed E-state index contributed by atoms with van der Waals surface area (Å²) in [5.74, 6) is -0.568. The minimum atomic E-state index is -0.575. The van der Waals surface area contributed by atoms with Gasteiger partial charge in [0.15, 0.2) is 10.3 Å². The maximum atomic E-state index is 13.0. The number of para-hydroxylation sites is 1. The number of carbonyl (C=O) groups excluding carboxylic acids is 2.